The van der Waals surface area contributed by atoms with Gasteiger partial charge >= 0.3 is 0 Å². The lowest BCUT2D eigenvalue weighted by Gasteiger charge is -2.26. The lowest BCUT2D eigenvalue weighted by Crippen LogP contribution is -2.35. The number of anilines is 1. The number of aryl methyl sites for hydroxylation is 1. The SMILES string of the molecule is Cc1cccc2nc(NC(=O)c3cncc(-n4cccc4)c3)n(C3CCCCN(C(=O)C=CCN(C)C)C3)c12. The summed E-state index contributed by atoms with van der Waals surface area (Å²) in [5.41, 5.74) is 4.12. The Morgan fingerprint density at radius 2 is 1.95 bits per heavy atom. The number of aromatic nitrogens is 4. The van der Waals surface area contributed by atoms with Crippen LogP contribution in [0, 0.1) is 6.92 Å². The molecule has 9 nitrogen and oxygen atoms in total. The van der Waals surface area contributed by atoms with Crippen LogP contribution >= 0.6 is 0 Å². The molecule has 1 atom stereocenters. The topological polar surface area (TPSA) is 88.3 Å². The van der Waals surface area contributed by atoms with Crippen LogP contribution in [0.15, 0.2) is 73.3 Å². The fourth-order valence-corrected chi connectivity index (χ4v) is 5.14. The van der Waals surface area contributed by atoms with E-state index in [1.54, 1.807) is 18.5 Å². The summed E-state index contributed by atoms with van der Waals surface area (Å²) in [5.74, 6) is 0.223. The molecule has 0 aliphatic carbocycles. The zero-order chi connectivity index (χ0) is 27.4. The lowest BCUT2D eigenvalue weighted by molar-refractivity contribution is -0.126. The third-order valence-corrected chi connectivity index (χ3v) is 7.08. The van der Waals surface area contributed by atoms with Crippen LogP contribution in [0.1, 0.15) is 41.2 Å². The van der Waals surface area contributed by atoms with E-state index in [4.69, 9.17) is 4.98 Å². The fourth-order valence-electron chi connectivity index (χ4n) is 5.14. The van der Waals surface area contributed by atoms with Crippen molar-refractivity contribution in [1.29, 1.82) is 0 Å². The monoisotopic (exact) mass is 525 g/mol. The Bertz CT molecular complexity index is 1490. The van der Waals surface area contributed by atoms with Crippen LogP contribution in [-0.2, 0) is 4.79 Å². The first kappa shape index (κ1) is 26.4. The van der Waals surface area contributed by atoms with Crippen LogP contribution in [-0.4, -0.2) is 74.4 Å². The first-order valence-corrected chi connectivity index (χ1v) is 13.4. The number of amides is 2. The number of nitrogens with one attached hydrogen (secondary N) is 1. The Morgan fingerprint density at radius 1 is 1.13 bits per heavy atom. The van der Waals surface area contributed by atoms with Crippen molar-refractivity contribution in [3.05, 3.63) is 84.5 Å². The van der Waals surface area contributed by atoms with Gasteiger partial charge in [-0.15, -0.1) is 0 Å². The molecule has 5 rings (SSSR count). The van der Waals surface area contributed by atoms with Gasteiger partial charge in [-0.2, -0.15) is 0 Å². The number of likely N-dealkylation sites (tertiary alicyclic amines) is 1. The molecule has 1 fully saturated rings. The van der Waals surface area contributed by atoms with Gasteiger partial charge < -0.3 is 18.9 Å². The molecular weight excluding hydrogens is 490 g/mol. The van der Waals surface area contributed by atoms with E-state index in [-0.39, 0.29) is 17.9 Å². The molecule has 0 saturated carbocycles. The van der Waals surface area contributed by atoms with E-state index in [2.05, 4.69) is 27.9 Å². The molecule has 1 aromatic carbocycles. The van der Waals surface area contributed by atoms with Crippen molar-refractivity contribution in [2.45, 2.75) is 32.2 Å². The Hall–Kier alpha value is -4.24. The predicted molar refractivity (Wildman–Crippen MR) is 153 cm³/mol. The Kier molecular flexibility index (Phi) is 7.88. The van der Waals surface area contributed by atoms with Gasteiger partial charge in [0, 0.05) is 44.3 Å². The quantitative estimate of drug-likeness (QED) is 0.360. The number of nitrogens with zero attached hydrogens (tertiary/aromatic N) is 6. The van der Waals surface area contributed by atoms with E-state index < -0.39 is 0 Å². The highest BCUT2D eigenvalue weighted by Gasteiger charge is 2.27. The van der Waals surface area contributed by atoms with Gasteiger partial charge in [-0.05, 0) is 70.1 Å². The maximum absolute atomic E-state index is 13.5. The number of pyridine rings is 1. The number of rotatable bonds is 7. The normalized spacial score (nSPS) is 16.2. The predicted octanol–water partition coefficient (Wildman–Crippen LogP) is 4.45. The van der Waals surface area contributed by atoms with E-state index in [0.717, 1.165) is 41.5 Å². The zero-order valence-corrected chi connectivity index (χ0v) is 22.7. The van der Waals surface area contributed by atoms with Gasteiger partial charge in [-0.25, -0.2) is 4.98 Å². The van der Waals surface area contributed by atoms with Crippen molar-refractivity contribution < 1.29 is 9.59 Å². The second kappa shape index (κ2) is 11.7. The molecule has 1 N–H and O–H groups in total. The molecule has 1 unspecified atom stereocenters. The van der Waals surface area contributed by atoms with E-state index in [0.29, 0.717) is 31.1 Å². The minimum Gasteiger partial charge on any atom is -0.337 e. The molecule has 9 heteroatoms. The molecule has 4 heterocycles. The summed E-state index contributed by atoms with van der Waals surface area (Å²) in [6, 6.07) is 11.6. The van der Waals surface area contributed by atoms with Gasteiger partial charge in [-0.1, -0.05) is 18.2 Å². The first-order chi connectivity index (χ1) is 18.9. The minimum atomic E-state index is -0.279. The van der Waals surface area contributed by atoms with Gasteiger partial charge in [0.05, 0.1) is 34.5 Å². The molecule has 0 radical (unpaired) electrons. The standard InChI is InChI=1S/C30H35N7O2/c1-22-10-8-12-26-28(22)37(24-11-4-5-17-36(21-24)27(38)13-9-14-34(2)3)30(32-26)33-29(39)23-18-25(20-31-19-23)35-15-6-7-16-35/h6-10,12-13,15-16,18-20,24H,4-5,11,14,17,21H2,1-3H3,(H,32,33,39). The number of imidazole rings is 1. The van der Waals surface area contributed by atoms with Crippen molar-refractivity contribution >= 4 is 28.8 Å². The molecule has 4 aromatic rings. The summed E-state index contributed by atoms with van der Waals surface area (Å²) in [4.78, 5) is 39.6. The van der Waals surface area contributed by atoms with Crippen LogP contribution < -0.4 is 5.32 Å². The van der Waals surface area contributed by atoms with Crippen molar-refractivity contribution in [1.82, 2.24) is 28.9 Å². The number of likely N-dealkylation sites (N-methyl/N-ethyl adjacent to an activating group) is 1. The molecule has 2 amide bonds. The average Bonchev–Trinajstić information content (AvgIpc) is 3.52. The van der Waals surface area contributed by atoms with Crippen LogP contribution in [0.3, 0.4) is 0 Å². The molecule has 0 bridgehead atoms. The van der Waals surface area contributed by atoms with E-state index in [9.17, 15) is 9.59 Å². The highest BCUT2D eigenvalue weighted by Crippen LogP contribution is 2.32. The maximum atomic E-state index is 13.5. The van der Waals surface area contributed by atoms with Gasteiger partial charge in [0.15, 0.2) is 0 Å². The van der Waals surface area contributed by atoms with Crippen LogP contribution in [0.2, 0.25) is 0 Å². The second-order valence-corrected chi connectivity index (χ2v) is 10.3. The van der Waals surface area contributed by atoms with E-state index >= 15 is 0 Å². The van der Waals surface area contributed by atoms with Crippen LogP contribution in [0.5, 0.6) is 0 Å². The summed E-state index contributed by atoms with van der Waals surface area (Å²) in [6.07, 6.45) is 13.5. The van der Waals surface area contributed by atoms with Crippen LogP contribution in [0.4, 0.5) is 5.95 Å². The fraction of sp³-hybridized carbons (Fsp3) is 0.333. The molecule has 1 aliphatic heterocycles. The number of fused-ring (bicyclic) bond motifs is 1. The molecule has 39 heavy (non-hydrogen) atoms. The molecule has 1 saturated heterocycles. The molecule has 202 valence electrons. The van der Waals surface area contributed by atoms with Crippen molar-refractivity contribution in [3.8, 4) is 5.69 Å². The number of carbonyl (C=O) groups is 2. The highest BCUT2D eigenvalue weighted by molar-refractivity contribution is 6.04. The van der Waals surface area contributed by atoms with Gasteiger partial charge in [0.1, 0.15) is 0 Å². The van der Waals surface area contributed by atoms with Gasteiger partial charge in [0.25, 0.3) is 5.91 Å². The van der Waals surface area contributed by atoms with E-state index in [1.807, 2.05) is 77.3 Å². The molecule has 3 aromatic heterocycles. The third-order valence-electron chi connectivity index (χ3n) is 7.08. The van der Waals surface area contributed by atoms with Gasteiger partial charge in [-0.3, -0.25) is 19.9 Å². The second-order valence-electron chi connectivity index (χ2n) is 10.3. The minimum absolute atomic E-state index is 0.0170. The lowest BCUT2D eigenvalue weighted by atomic mass is 10.1. The number of hydrogen-bond acceptors (Lipinski definition) is 5. The highest BCUT2D eigenvalue weighted by atomic mass is 16.2. The molecule has 1 aliphatic rings. The Balaban J connectivity index is 1.46. The number of para-hydroxylation sites is 1. The number of carbonyl (C=O) groups excluding carboxylic acids is 2. The first-order valence-electron chi connectivity index (χ1n) is 13.4. The third kappa shape index (κ3) is 5.93. The summed E-state index contributed by atoms with van der Waals surface area (Å²) in [5, 5.41) is 3.07. The van der Waals surface area contributed by atoms with Crippen molar-refractivity contribution in [2.75, 3.05) is 39.0 Å². The zero-order valence-electron chi connectivity index (χ0n) is 22.7. The number of hydrogen-bond donors (Lipinski definition) is 1. The summed E-state index contributed by atoms with van der Waals surface area (Å²) in [6.45, 7) is 4.04. The van der Waals surface area contributed by atoms with Gasteiger partial charge in [0.2, 0.25) is 11.9 Å². The smallest absolute Gasteiger partial charge is 0.259 e. The average molecular weight is 526 g/mol. The summed E-state index contributed by atoms with van der Waals surface area (Å²) in [7, 11) is 3.96. The Morgan fingerprint density at radius 3 is 2.74 bits per heavy atom. The largest absolute Gasteiger partial charge is 0.337 e. The number of benzene rings is 1. The summed E-state index contributed by atoms with van der Waals surface area (Å²) >= 11 is 0. The molecular formula is C30H35N7O2. The summed E-state index contributed by atoms with van der Waals surface area (Å²) < 4.78 is 4.04. The van der Waals surface area contributed by atoms with Crippen molar-refractivity contribution in [2.24, 2.45) is 0 Å². The van der Waals surface area contributed by atoms with Crippen LogP contribution in [0.25, 0.3) is 16.7 Å². The Labute approximate surface area is 228 Å². The maximum Gasteiger partial charge on any atom is 0.259 e. The molecule has 0 spiro atoms. The van der Waals surface area contributed by atoms with E-state index in [1.165, 1.54) is 0 Å². The van der Waals surface area contributed by atoms with Crippen molar-refractivity contribution in [3.63, 3.8) is 0 Å².